The van der Waals surface area contributed by atoms with Gasteiger partial charge in [-0.3, -0.25) is 9.59 Å². The first-order valence-corrected chi connectivity index (χ1v) is 7.39. The second kappa shape index (κ2) is 4.68. The van der Waals surface area contributed by atoms with Crippen molar-refractivity contribution in [2.75, 3.05) is 0 Å². The normalized spacial score (nSPS) is 25.9. The van der Waals surface area contributed by atoms with Gasteiger partial charge in [0.25, 0.3) is 0 Å². The topological polar surface area (TPSA) is 80.4 Å². The van der Waals surface area contributed by atoms with Crippen molar-refractivity contribution in [1.82, 2.24) is 0 Å². The fourth-order valence-corrected chi connectivity index (χ4v) is 3.98. The summed E-state index contributed by atoms with van der Waals surface area (Å²) in [5.74, 6) is -1.82. The van der Waals surface area contributed by atoms with Gasteiger partial charge in [0, 0.05) is 4.70 Å². The van der Waals surface area contributed by atoms with E-state index in [0.717, 1.165) is 10.1 Å². The molecule has 0 radical (unpaired) electrons. The van der Waals surface area contributed by atoms with Crippen molar-refractivity contribution in [1.29, 1.82) is 0 Å². The Bertz CT molecular complexity index is 660. The number of thiophene rings is 1. The van der Waals surface area contributed by atoms with Crippen LogP contribution in [-0.4, -0.2) is 22.4 Å². The summed E-state index contributed by atoms with van der Waals surface area (Å²) in [4.78, 5) is 24.6. The number of carboxylic acid groups (broad SMARTS) is 1. The maximum absolute atomic E-state index is 12.6. The highest BCUT2D eigenvalue weighted by molar-refractivity contribution is 7.20. The maximum atomic E-state index is 12.6. The van der Waals surface area contributed by atoms with E-state index < -0.39 is 17.4 Å². The highest BCUT2D eigenvalue weighted by Crippen LogP contribution is 2.38. The van der Waals surface area contributed by atoms with Gasteiger partial charge in [-0.05, 0) is 30.4 Å². The molecule has 1 aromatic carbocycles. The van der Waals surface area contributed by atoms with E-state index >= 15 is 0 Å². The molecule has 1 saturated carbocycles. The van der Waals surface area contributed by atoms with E-state index in [1.54, 1.807) is 0 Å². The molecule has 4 nitrogen and oxygen atoms in total. The minimum Gasteiger partial charge on any atom is -0.480 e. The van der Waals surface area contributed by atoms with Crippen LogP contribution in [0.1, 0.15) is 28.9 Å². The first-order chi connectivity index (χ1) is 9.52. The molecular weight excluding hydrogens is 274 g/mol. The molecule has 104 valence electrons. The van der Waals surface area contributed by atoms with Gasteiger partial charge in [-0.15, -0.1) is 11.3 Å². The lowest BCUT2D eigenvalue weighted by Gasteiger charge is -2.25. The van der Waals surface area contributed by atoms with E-state index in [0.29, 0.717) is 24.1 Å². The van der Waals surface area contributed by atoms with Crippen LogP contribution in [0.15, 0.2) is 30.3 Å². The third kappa shape index (κ3) is 1.94. The SMILES string of the molecule is NC1(C(=O)O)CCCC1C(=O)c1cc2ccccc2s1. The maximum Gasteiger partial charge on any atom is 0.324 e. The van der Waals surface area contributed by atoms with Crippen molar-refractivity contribution >= 4 is 33.2 Å². The van der Waals surface area contributed by atoms with E-state index in [1.807, 2.05) is 30.3 Å². The summed E-state index contributed by atoms with van der Waals surface area (Å²) in [5.41, 5.74) is 4.55. The summed E-state index contributed by atoms with van der Waals surface area (Å²) in [6.07, 6.45) is 1.60. The Morgan fingerprint density at radius 3 is 2.80 bits per heavy atom. The molecule has 3 rings (SSSR count). The predicted molar refractivity (Wildman–Crippen MR) is 78.1 cm³/mol. The summed E-state index contributed by atoms with van der Waals surface area (Å²) in [7, 11) is 0. The van der Waals surface area contributed by atoms with Crippen LogP contribution in [-0.2, 0) is 4.79 Å². The number of hydrogen-bond donors (Lipinski definition) is 2. The van der Waals surface area contributed by atoms with E-state index in [4.69, 9.17) is 5.73 Å². The third-order valence-electron chi connectivity index (χ3n) is 4.09. The van der Waals surface area contributed by atoms with Gasteiger partial charge in [-0.1, -0.05) is 24.6 Å². The van der Waals surface area contributed by atoms with Gasteiger partial charge in [-0.2, -0.15) is 0 Å². The van der Waals surface area contributed by atoms with E-state index in [1.165, 1.54) is 11.3 Å². The predicted octanol–water partition coefficient (Wildman–Crippen LogP) is 2.67. The van der Waals surface area contributed by atoms with Crippen molar-refractivity contribution in [3.8, 4) is 0 Å². The van der Waals surface area contributed by atoms with Crippen molar-refractivity contribution in [3.05, 3.63) is 35.2 Å². The molecule has 0 saturated heterocycles. The number of benzene rings is 1. The van der Waals surface area contributed by atoms with Gasteiger partial charge in [0.15, 0.2) is 5.78 Å². The molecule has 0 bridgehead atoms. The lowest BCUT2D eigenvalue weighted by atomic mass is 9.84. The molecule has 2 aromatic rings. The Balaban J connectivity index is 1.98. The molecule has 1 fully saturated rings. The largest absolute Gasteiger partial charge is 0.480 e. The molecule has 1 aliphatic rings. The number of aliphatic carboxylic acids is 1. The van der Waals surface area contributed by atoms with E-state index in [-0.39, 0.29) is 5.78 Å². The zero-order valence-electron chi connectivity index (χ0n) is 10.8. The summed E-state index contributed by atoms with van der Waals surface area (Å²) >= 11 is 1.41. The van der Waals surface area contributed by atoms with Crippen molar-refractivity contribution < 1.29 is 14.7 Å². The van der Waals surface area contributed by atoms with E-state index in [9.17, 15) is 14.7 Å². The van der Waals surface area contributed by atoms with Gasteiger partial charge in [0.05, 0.1) is 10.8 Å². The Labute approximate surface area is 120 Å². The van der Waals surface area contributed by atoms with Gasteiger partial charge < -0.3 is 10.8 Å². The molecule has 1 heterocycles. The Morgan fingerprint density at radius 1 is 1.35 bits per heavy atom. The number of ketones is 1. The van der Waals surface area contributed by atoms with Crippen molar-refractivity contribution in [2.45, 2.75) is 24.8 Å². The van der Waals surface area contributed by atoms with Gasteiger partial charge >= 0.3 is 5.97 Å². The number of carbonyl (C=O) groups is 2. The summed E-state index contributed by atoms with van der Waals surface area (Å²) in [6, 6.07) is 9.59. The van der Waals surface area contributed by atoms with Gasteiger partial charge in [-0.25, -0.2) is 0 Å². The third-order valence-corrected chi connectivity index (χ3v) is 5.22. The zero-order chi connectivity index (χ0) is 14.3. The average molecular weight is 289 g/mol. The quantitative estimate of drug-likeness (QED) is 0.851. The molecule has 0 spiro atoms. The Kier molecular flexibility index (Phi) is 3.11. The van der Waals surface area contributed by atoms with Crippen molar-refractivity contribution in [3.63, 3.8) is 0 Å². The van der Waals surface area contributed by atoms with Crippen LogP contribution >= 0.6 is 11.3 Å². The number of rotatable bonds is 3. The fraction of sp³-hybridized carbons (Fsp3) is 0.333. The van der Waals surface area contributed by atoms with Gasteiger partial charge in [0.1, 0.15) is 5.54 Å². The van der Waals surface area contributed by atoms with Crippen LogP contribution in [0.2, 0.25) is 0 Å². The second-order valence-corrected chi connectivity index (χ2v) is 6.39. The molecule has 3 N–H and O–H groups in total. The highest BCUT2D eigenvalue weighted by atomic mass is 32.1. The number of nitrogens with two attached hydrogens (primary N) is 1. The first-order valence-electron chi connectivity index (χ1n) is 6.57. The van der Waals surface area contributed by atoms with Crippen LogP contribution in [0.4, 0.5) is 0 Å². The van der Waals surface area contributed by atoms with Crippen LogP contribution in [0, 0.1) is 5.92 Å². The number of Topliss-reactive ketones (excluding diaryl/α,β-unsaturated/α-hetero) is 1. The monoisotopic (exact) mass is 289 g/mol. The first kappa shape index (κ1) is 13.3. The highest BCUT2D eigenvalue weighted by Gasteiger charge is 2.49. The van der Waals surface area contributed by atoms with Gasteiger partial charge in [0.2, 0.25) is 0 Å². The summed E-state index contributed by atoms with van der Waals surface area (Å²) in [5, 5.41) is 10.3. The average Bonchev–Trinajstić information content (AvgIpc) is 3.02. The summed E-state index contributed by atoms with van der Waals surface area (Å²) in [6.45, 7) is 0. The minimum absolute atomic E-state index is 0.131. The molecule has 0 aliphatic heterocycles. The number of fused-ring (bicyclic) bond motifs is 1. The lowest BCUT2D eigenvalue weighted by molar-refractivity contribution is -0.144. The molecule has 1 aliphatic carbocycles. The molecule has 5 heteroatoms. The van der Waals surface area contributed by atoms with E-state index in [2.05, 4.69) is 0 Å². The van der Waals surface area contributed by atoms with Crippen LogP contribution in [0.3, 0.4) is 0 Å². The molecular formula is C15H15NO3S. The Morgan fingerprint density at radius 2 is 2.10 bits per heavy atom. The fourth-order valence-electron chi connectivity index (χ4n) is 2.93. The van der Waals surface area contributed by atoms with Crippen molar-refractivity contribution in [2.24, 2.45) is 11.7 Å². The van der Waals surface area contributed by atoms with Crippen LogP contribution in [0.25, 0.3) is 10.1 Å². The smallest absolute Gasteiger partial charge is 0.324 e. The number of carboxylic acids is 1. The molecule has 2 unspecified atom stereocenters. The summed E-state index contributed by atoms with van der Waals surface area (Å²) < 4.78 is 1.03. The number of hydrogen-bond acceptors (Lipinski definition) is 4. The molecule has 1 aromatic heterocycles. The van der Waals surface area contributed by atoms with Crippen LogP contribution < -0.4 is 5.73 Å². The molecule has 2 atom stereocenters. The number of carbonyl (C=O) groups excluding carboxylic acids is 1. The standard InChI is InChI=1S/C15H15NO3S/c16-15(14(18)19)7-3-5-10(15)13(17)12-8-9-4-1-2-6-11(9)20-12/h1-2,4,6,8,10H,3,5,7,16H2,(H,18,19). The Hall–Kier alpha value is -1.72. The minimum atomic E-state index is -1.41. The second-order valence-electron chi connectivity index (χ2n) is 5.30. The lowest BCUT2D eigenvalue weighted by Crippen LogP contribution is -2.53. The molecule has 0 amide bonds. The zero-order valence-corrected chi connectivity index (χ0v) is 11.7. The molecule has 20 heavy (non-hydrogen) atoms. The van der Waals surface area contributed by atoms with Crippen LogP contribution in [0.5, 0.6) is 0 Å².